The Kier molecular flexibility index (Phi) is 6.15. The van der Waals surface area contributed by atoms with Crippen molar-refractivity contribution in [1.82, 2.24) is 16.2 Å². The van der Waals surface area contributed by atoms with E-state index in [2.05, 4.69) is 16.2 Å². The van der Waals surface area contributed by atoms with Crippen molar-refractivity contribution in [2.75, 3.05) is 32.1 Å². The molecule has 0 atom stereocenters. The highest BCUT2D eigenvalue weighted by molar-refractivity contribution is 5.81. The van der Waals surface area contributed by atoms with Crippen LogP contribution in [0.1, 0.15) is 6.92 Å². The molecule has 0 saturated heterocycles. The monoisotopic (exact) mass is 280 g/mol. The lowest BCUT2D eigenvalue weighted by Crippen LogP contribution is -2.48. The highest BCUT2D eigenvalue weighted by Gasteiger charge is 2.05. The molecule has 0 aliphatic rings. The van der Waals surface area contributed by atoms with E-state index in [1.54, 1.807) is 13.0 Å². The summed E-state index contributed by atoms with van der Waals surface area (Å²) in [4.78, 5) is 24.4. The van der Waals surface area contributed by atoms with Gasteiger partial charge in [0.25, 0.3) is 5.91 Å². The zero-order valence-corrected chi connectivity index (χ0v) is 11.9. The Morgan fingerprint density at radius 3 is 2.65 bits per heavy atom. The maximum atomic E-state index is 11.5. The smallest absolute Gasteiger partial charge is 0.333 e. The minimum Gasteiger partial charge on any atom is -0.484 e. The SMILES string of the molecule is CCNC(=O)NNC(=O)COc1cccc(N(C)C)c1. The van der Waals surface area contributed by atoms with E-state index in [4.69, 9.17) is 4.74 Å². The standard InChI is InChI=1S/C13H20N4O3/c1-4-14-13(19)16-15-12(18)9-20-11-7-5-6-10(8-11)17(2)3/h5-8H,4,9H2,1-3H3,(H,15,18)(H2,14,16,19). The number of hydrazine groups is 1. The van der Waals surface area contributed by atoms with E-state index in [-0.39, 0.29) is 6.61 Å². The van der Waals surface area contributed by atoms with Crippen molar-refractivity contribution in [3.05, 3.63) is 24.3 Å². The lowest BCUT2D eigenvalue weighted by atomic mass is 10.3. The highest BCUT2D eigenvalue weighted by atomic mass is 16.5. The van der Waals surface area contributed by atoms with E-state index in [9.17, 15) is 9.59 Å². The number of carbonyl (C=O) groups is 2. The summed E-state index contributed by atoms with van der Waals surface area (Å²) in [7, 11) is 3.84. The van der Waals surface area contributed by atoms with Crippen molar-refractivity contribution in [2.45, 2.75) is 6.92 Å². The number of hydrogen-bond donors (Lipinski definition) is 3. The second-order valence-electron chi connectivity index (χ2n) is 4.21. The van der Waals surface area contributed by atoms with Gasteiger partial charge in [-0.1, -0.05) is 6.07 Å². The number of nitrogens with zero attached hydrogens (tertiary/aromatic N) is 1. The van der Waals surface area contributed by atoms with Crippen LogP contribution in [0.2, 0.25) is 0 Å². The summed E-state index contributed by atoms with van der Waals surface area (Å²) in [5, 5.41) is 2.48. The number of amides is 3. The van der Waals surface area contributed by atoms with E-state index in [1.807, 2.05) is 37.2 Å². The van der Waals surface area contributed by atoms with Gasteiger partial charge in [0.1, 0.15) is 5.75 Å². The Balaban J connectivity index is 2.37. The molecule has 3 amide bonds. The van der Waals surface area contributed by atoms with Gasteiger partial charge in [0.2, 0.25) is 0 Å². The van der Waals surface area contributed by atoms with Gasteiger partial charge in [0.05, 0.1) is 0 Å². The highest BCUT2D eigenvalue weighted by Crippen LogP contribution is 2.18. The van der Waals surface area contributed by atoms with E-state index in [0.717, 1.165) is 5.69 Å². The topological polar surface area (TPSA) is 82.7 Å². The van der Waals surface area contributed by atoms with Gasteiger partial charge in [-0.25, -0.2) is 10.2 Å². The molecule has 0 radical (unpaired) electrons. The molecule has 20 heavy (non-hydrogen) atoms. The predicted molar refractivity (Wildman–Crippen MR) is 76.6 cm³/mol. The predicted octanol–water partition coefficient (Wildman–Crippen LogP) is 0.482. The molecule has 1 rings (SSSR count). The first kappa shape index (κ1) is 15.6. The molecule has 7 heteroatoms. The number of hydrogen-bond acceptors (Lipinski definition) is 4. The van der Waals surface area contributed by atoms with Crippen LogP contribution in [0.25, 0.3) is 0 Å². The summed E-state index contributed by atoms with van der Waals surface area (Å²) in [6.07, 6.45) is 0. The minimum atomic E-state index is -0.463. The van der Waals surface area contributed by atoms with Crippen molar-refractivity contribution < 1.29 is 14.3 Å². The molecular weight excluding hydrogens is 260 g/mol. The van der Waals surface area contributed by atoms with Gasteiger partial charge in [0.15, 0.2) is 6.61 Å². The molecule has 0 bridgehead atoms. The van der Waals surface area contributed by atoms with Gasteiger partial charge in [0, 0.05) is 32.4 Å². The van der Waals surface area contributed by atoms with Crippen molar-refractivity contribution >= 4 is 17.6 Å². The molecule has 0 aliphatic carbocycles. The molecule has 1 aromatic carbocycles. The second-order valence-corrected chi connectivity index (χ2v) is 4.21. The first-order valence-corrected chi connectivity index (χ1v) is 6.25. The number of ether oxygens (including phenoxy) is 1. The molecule has 0 spiro atoms. The quantitative estimate of drug-likeness (QED) is 0.685. The van der Waals surface area contributed by atoms with Crippen molar-refractivity contribution in [3.63, 3.8) is 0 Å². The normalized spacial score (nSPS) is 9.55. The van der Waals surface area contributed by atoms with Crippen LogP contribution in [-0.4, -0.2) is 39.2 Å². The van der Waals surface area contributed by atoms with E-state index < -0.39 is 11.9 Å². The van der Waals surface area contributed by atoms with E-state index in [1.165, 1.54) is 0 Å². The van der Waals surface area contributed by atoms with Crippen LogP contribution in [-0.2, 0) is 4.79 Å². The molecule has 0 aliphatic heterocycles. The molecule has 7 nitrogen and oxygen atoms in total. The fourth-order valence-electron chi connectivity index (χ4n) is 1.37. The Labute approximate surface area is 118 Å². The molecule has 0 fully saturated rings. The van der Waals surface area contributed by atoms with Crippen LogP contribution in [0.5, 0.6) is 5.75 Å². The molecule has 0 saturated carbocycles. The van der Waals surface area contributed by atoms with Gasteiger partial charge >= 0.3 is 6.03 Å². The fourth-order valence-corrected chi connectivity index (χ4v) is 1.37. The van der Waals surface area contributed by atoms with Crippen LogP contribution in [0.4, 0.5) is 10.5 Å². The average molecular weight is 280 g/mol. The summed E-state index contributed by atoms with van der Waals surface area (Å²) >= 11 is 0. The van der Waals surface area contributed by atoms with Crippen molar-refractivity contribution in [1.29, 1.82) is 0 Å². The zero-order chi connectivity index (χ0) is 15.0. The van der Waals surface area contributed by atoms with Gasteiger partial charge in [-0.15, -0.1) is 0 Å². The summed E-state index contributed by atoms with van der Waals surface area (Å²) in [6.45, 7) is 2.08. The van der Waals surface area contributed by atoms with Crippen LogP contribution in [0.15, 0.2) is 24.3 Å². The number of anilines is 1. The summed E-state index contributed by atoms with van der Waals surface area (Å²) in [6, 6.07) is 6.90. The third kappa shape index (κ3) is 5.47. The van der Waals surface area contributed by atoms with Gasteiger partial charge in [-0.05, 0) is 19.1 Å². The molecule has 0 unspecified atom stereocenters. The lowest BCUT2D eigenvalue weighted by molar-refractivity contribution is -0.123. The maximum Gasteiger partial charge on any atom is 0.333 e. The summed E-state index contributed by atoms with van der Waals surface area (Å²) in [5.74, 6) is 0.149. The lowest BCUT2D eigenvalue weighted by Gasteiger charge is -2.14. The number of urea groups is 1. The second kappa shape index (κ2) is 7.88. The number of benzene rings is 1. The van der Waals surface area contributed by atoms with Gasteiger partial charge in [-0.3, -0.25) is 10.2 Å². The van der Waals surface area contributed by atoms with Crippen molar-refractivity contribution in [3.8, 4) is 5.75 Å². The molecule has 0 aromatic heterocycles. The van der Waals surface area contributed by atoms with Gasteiger partial charge < -0.3 is 15.0 Å². The third-order valence-electron chi connectivity index (χ3n) is 2.36. The molecule has 3 N–H and O–H groups in total. The van der Waals surface area contributed by atoms with Crippen LogP contribution >= 0.6 is 0 Å². The Morgan fingerprint density at radius 2 is 2.00 bits per heavy atom. The number of nitrogens with one attached hydrogen (secondary N) is 3. The zero-order valence-electron chi connectivity index (χ0n) is 11.9. The molecule has 110 valence electrons. The van der Waals surface area contributed by atoms with E-state index >= 15 is 0 Å². The fraction of sp³-hybridized carbons (Fsp3) is 0.385. The van der Waals surface area contributed by atoms with Crippen LogP contribution in [0.3, 0.4) is 0 Å². The first-order chi connectivity index (χ1) is 9.52. The maximum absolute atomic E-state index is 11.5. The minimum absolute atomic E-state index is 0.177. The van der Waals surface area contributed by atoms with E-state index in [0.29, 0.717) is 12.3 Å². The average Bonchev–Trinajstić information content (AvgIpc) is 2.43. The van der Waals surface area contributed by atoms with Crippen molar-refractivity contribution in [2.24, 2.45) is 0 Å². The third-order valence-corrected chi connectivity index (χ3v) is 2.36. The summed E-state index contributed by atoms with van der Waals surface area (Å²) < 4.78 is 5.34. The van der Waals surface area contributed by atoms with Gasteiger partial charge in [-0.2, -0.15) is 0 Å². The summed E-state index contributed by atoms with van der Waals surface area (Å²) in [5.41, 5.74) is 5.43. The Hall–Kier alpha value is -2.44. The Bertz CT molecular complexity index is 463. The number of carbonyl (C=O) groups excluding carboxylic acids is 2. The van der Waals surface area contributed by atoms with Crippen LogP contribution in [0, 0.1) is 0 Å². The molecule has 1 aromatic rings. The van der Waals surface area contributed by atoms with Crippen LogP contribution < -0.4 is 25.8 Å². The first-order valence-electron chi connectivity index (χ1n) is 6.25. The largest absolute Gasteiger partial charge is 0.484 e. The Morgan fingerprint density at radius 1 is 1.25 bits per heavy atom. The molecular formula is C13H20N4O3. The molecule has 0 heterocycles. The number of rotatable bonds is 5.